The Morgan fingerprint density at radius 3 is 3.06 bits per heavy atom. The molecule has 1 heterocycles. The van der Waals surface area contributed by atoms with E-state index in [1.807, 2.05) is 0 Å². The smallest absolute Gasteiger partial charge is 0.142 e. The summed E-state index contributed by atoms with van der Waals surface area (Å²) in [6, 6.07) is 5.10. The van der Waals surface area contributed by atoms with Gasteiger partial charge in [0, 0.05) is 12.1 Å². The Morgan fingerprint density at radius 2 is 2.35 bits per heavy atom. The van der Waals surface area contributed by atoms with Gasteiger partial charge in [-0.25, -0.2) is 4.39 Å². The average molecular weight is 258 g/mol. The van der Waals surface area contributed by atoms with Crippen molar-refractivity contribution in [3.05, 3.63) is 29.0 Å². The van der Waals surface area contributed by atoms with Crippen molar-refractivity contribution in [1.82, 2.24) is 5.32 Å². The highest BCUT2D eigenvalue weighted by atomic mass is 35.5. The molecule has 1 aliphatic rings. The Labute approximate surface area is 106 Å². The molecular formula is C13H17ClFNO. The van der Waals surface area contributed by atoms with Gasteiger partial charge in [0.1, 0.15) is 11.6 Å². The van der Waals surface area contributed by atoms with E-state index >= 15 is 0 Å². The third-order valence-electron chi connectivity index (χ3n) is 3.02. The highest BCUT2D eigenvalue weighted by molar-refractivity contribution is 6.30. The molecule has 94 valence electrons. The average Bonchev–Trinajstić information content (AvgIpc) is 2.82. The molecule has 1 aromatic rings. The Balaban J connectivity index is 1.68. The van der Waals surface area contributed by atoms with E-state index in [9.17, 15) is 4.39 Å². The SMILES string of the molecule is Fc1ccc(OCCCC2CCCN2)cc1Cl. The van der Waals surface area contributed by atoms with E-state index < -0.39 is 5.82 Å². The van der Waals surface area contributed by atoms with Gasteiger partial charge >= 0.3 is 0 Å². The van der Waals surface area contributed by atoms with E-state index in [0.717, 1.165) is 19.4 Å². The molecule has 0 saturated carbocycles. The zero-order chi connectivity index (χ0) is 12.1. The lowest BCUT2D eigenvalue weighted by Gasteiger charge is -2.10. The molecule has 1 fully saturated rings. The molecule has 2 rings (SSSR count). The van der Waals surface area contributed by atoms with Crippen LogP contribution in [0.15, 0.2) is 18.2 Å². The molecule has 1 N–H and O–H groups in total. The maximum Gasteiger partial charge on any atom is 0.142 e. The lowest BCUT2D eigenvalue weighted by molar-refractivity contribution is 0.298. The fraction of sp³-hybridized carbons (Fsp3) is 0.538. The van der Waals surface area contributed by atoms with Crippen LogP contribution >= 0.6 is 11.6 Å². The lowest BCUT2D eigenvalue weighted by atomic mass is 10.1. The van der Waals surface area contributed by atoms with Crippen molar-refractivity contribution < 1.29 is 9.13 Å². The normalized spacial score (nSPS) is 19.5. The monoisotopic (exact) mass is 257 g/mol. The van der Waals surface area contributed by atoms with Gasteiger partial charge < -0.3 is 10.1 Å². The van der Waals surface area contributed by atoms with Gasteiger partial charge in [-0.05, 0) is 44.4 Å². The molecule has 0 aromatic heterocycles. The molecule has 0 amide bonds. The maximum absolute atomic E-state index is 12.9. The molecular weight excluding hydrogens is 241 g/mol. The van der Waals surface area contributed by atoms with Crippen LogP contribution < -0.4 is 10.1 Å². The quantitative estimate of drug-likeness (QED) is 0.817. The van der Waals surface area contributed by atoms with Gasteiger partial charge in [-0.1, -0.05) is 11.6 Å². The van der Waals surface area contributed by atoms with Crippen LogP contribution in [0, 0.1) is 5.82 Å². The Bertz CT molecular complexity index is 366. The molecule has 1 aliphatic heterocycles. The van der Waals surface area contributed by atoms with Gasteiger partial charge in [0.2, 0.25) is 0 Å². The van der Waals surface area contributed by atoms with Gasteiger partial charge in [-0.15, -0.1) is 0 Å². The Kier molecular flexibility index (Phi) is 4.63. The van der Waals surface area contributed by atoms with E-state index in [4.69, 9.17) is 16.3 Å². The molecule has 4 heteroatoms. The van der Waals surface area contributed by atoms with E-state index in [1.165, 1.54) is 25.0 Å². The van der Waals surface area contributed by atoms with Crippen LogP contribution in [0.2, 0.25) is 5.02 Å². The minimum Gasteiger partial charge on any atom is -0.494 e. The number of rotatable bonds is 5. The summed E-state index contributed by atoms with van der Waals surface area (Å²) in [7, 11) is 0. The minimum atomic E-state index is -0.408. The second-order valence-corrected chi connectivity index (χ2v) is 4.77. The van der Waals surface area contributed by atoms with Crippen molar-refractivity contribution in [2.24, 2.45) is 0 Å². The summed E-state index contributed by atoms with van der Waals surface area (Å²) in [6.45, 7) is 1.79. The summed E-state index contributed by atoms with van der Waals surface area (Å²) in [5.41, 5.74) is 0. The van der Waals surface area contributed by atoms with Crippen LogP contribution in [0.5, 0.6) is 5.75 Å². The number of benzene rings is 1. The van der Waals surface area contributed by atoms with Crippen molar-refractivity contribution in [3.63, 3.8) is 0 Å². The van der Waals surface area contributed by atoms with Crippen molar-refractivity contribution in [2.75, 3.05) is 13.2 Å². The summed E-state index contributed by atoms with van der Waals surface area (Å²) in [5.74, 6) is 0.227. The van der Waals surface area contributed by atoms with Crippen molar-refractivity contribution in [3.8, 4) is 5.75 Å². The predicted octanol–water partition coefficient (Wildman–Crippen LogP) is 3.39. The molecule has 1 aromatic carbocycles. The van der Waals surface area contributed by atoms with Gasteiger partial charge in [-0.3, -0.25) is 0 Å². The van der Waals surface area contributed by atoms with E-state index in [-0.39, 0.29) is 5.02 Å². The highest BCUT2D eigenvalue weighted by Crippen LogP contribution is 2.21. The number of hydrogen-bond acceptors (Lipinski definition) is 2. The first-order valence-corrected chi connectivity index (χ1v) is 6.45. The molecule has 0 radical (unpaired) electrons. The number of halogens is 2. The van der Waals surface area contributed by atoms with Crippen LogP contribution in [0.4, 0.5) is 4.39 Å². The Hall–Kier alpha value is -0.800. The zero-order valence-corrected chi connectivity index (χ0v) is 10.5. The van der Waals surface area contributed by atoms with Crippen LogP contribution in [-0.2, 0) is 0 Å². The number of hydrogen-bond donors (Lipinski definition) is 1. The van der Waals surface area contributed by atoms with Gasteiger partial charge in [0.25, 0.3) is 0 Å². The molecule has 1 atom stereocenters. The van der Waals surface area contributed by atoms with E-state index in [0.29, 0.717) is 18.4 Å². The van der Waals surface area contributed by atoms with Crippen molar-refractivity contribution in [1.29, 1.82) is 0 Å². The molecule has 2 nitrogen and oxygen atoms in total. The standard InChI is InChI=1S/C13H17ClFNO/c14-12-9-11(5-6-13(12)15)17-8-2-4-10-3-1-7-16-10/h5-6,9-10,16H,1-4,7-8H2. The second kappa shape index (κ2) is 6.22. The number of nitrogens with one attached hydrogen (secondary N) is 1. The largest absolute Gasteiger partial charge is 0.494 e. The first-order valence-electron chi connectivity index (χ1n) is 6.07. The first kappa shape index (κ1) is 12.7. The molecule has 0 spiro atoms. The molecule has 1 saturated heterocycles. The van der Waals surface area contributed by atoms with E-state index in [1.54, 1.807) is 6.07 Å². The van der Waals surface area contributed by atoms with Gasteiger partial charge in [-0.2, -0.15) is 0 Å². The summed E-state index contributed by atoms with van der Waals surface area (Å²) in [4.78, 5) is 0. The zero-order valence-electron chi connectivity index (χ0n) is 9.72. The molecule has 0 bridgehead atoms. The van der Waals surface area contributed by atoms with Crippen LogP contribution in [0.25, 0.3) is 0 Å². The van der Waals surface area contributed by atoms with E-state index in [2.05, 4.69) is 5.32 Å². The lowest BCUT2D eigenvalue weighted by Crippen LogP contribution is -2.21. The fourth-order valence-corrected chi connectivity index (χ4v) is 2.26. The number of ether oxygens (including phenoxy) is 1. The summed E-state index contributed by atoms with van der Waals surface area (Å²) < 4.78 is 18.4. The predicted molar refractivity (Wildman–Crippen MR) is 67.2 cm³/mol. The molecule has 17 heavy (non-hydrogen) atoms. The summed E-state index contributed by atoms with van der Waals surface area (Å²) >= 11 is 5.67. The van der Waals surface area contributed by atoms with Crippen LogP contribution in [-0.4, -0.2) is 19.2 Å². The Morgan fingerprint density at radius 1 is 1.47 bits per heavy atom. The topological polar surface area (TPSA) is 21.3 Å². The third kappa shape index (κ3) is 3.86. The first-order chi connectivity index (χ1) is 8.25. The third-order valence-corrected chi connectivity index (χ3v) is 3.31. The maximum atomic E-state index is 12.9. The van der Waals surface area contributed by atoms with Gasteiger partial charge in [0.05, 0.1) is 11.6 Å². The van der Waals surface area contributed by atoms with Gasteiger partial charge in [0.15, 0.2) is 0 Å². The van der Waals surface area contributed by atoms with Crippen molar-refractivity contribution in [2.45, 2.75) is 31.7 Å². The minimum absolute atomic E-state index is 0.111. The van der Waals surface area contributed by atoms with Crippen LogP contribution in [0.3, 0.4) is 0 Å². The summed E-state index contributed by atoms with van der Waals surface area (Å²) in [6.07, 6.45) is 4.68. The van der Waals surface area contributed by atoms with Crippen molar-refractivity contribution >= 4 is 11.6 Å². The fourth-order valence-electron chi connectivity index (χ4n) is 2.09. The highest BCUT2D eigenvalue weighted by Gasteiger charge is 2.12. The van der Waals surface area contributed by atoms with Crippen LogP contribution in [0.1, 0.15) is 25.7 Å². The summed E-state index contributed by atoms with van der Waals surface area (Å²) in [5, 5.41) is 3.56. The molecule has 0 aliphatic carbocycles. The second-order valence-electron chi connectivity index (χ2n) is 4.36. The molecule has 1 unspecified atom stereocenters.